The van der Waals surface area contributed by atoms with Gasteiger partial charge in [0.05, 0.1) is 11.3 Å². The largest absolute Gasteiger partial charge is 0.489 e. The van der Waals surface area contributed by atoms with Gasteiger partial charge in [-0.3, -0.25) is 4.79 Å². The molecule has 0 aliphatic carbocycles. The minimum absolute atomic E-state index is 0.0952. The number of halogens is 2. The van der Waals surface area contributed by atoms with Crippen molar-refractivity contribution in [2.75, 3.05) is 13.2 Å². The number of hydrogen-bond donors (Lipinski definition) is 0. The lowest BCUT2D eigenvalue weighted by molar-refractivity contribution is -0.131. The highest BCUT2D eigenvalue weighted by atomic mass is 19.1. The van der Waals surface area contributed by atoms with Gasteiger partial charge in [-0.1, -0.05) is 25.7 Å². The topological polar surface area (TPSA) is 29.5 Å². The van der Waals surface area contributed by atoms with Crippen molar-refractivity contribution < 1.29 is 18.3 Å². The summed E-state index contributed by atoms with van der Waals surface area (Å²) in [5.41, 5.74) is 0.101. The van der Waals surface area contributed by atoms with Crippen LogP contribution in [0.2, 0.25) is 0 Å². The summed E-state index contributed by atoms with van der Waals surface area (Å²) in [5.74, 6) is -1.69. The fourth-order valence-corrected chi connectivity index (χ4v) is 2.48. The van der Waals surface area contributed by atoms with E-state index in [2.05, 4.69) is 6.58 Å². The summed E-state index contributed by atoms with van der Waals surface area (Å²) < 4.78 is 33.8. The summed E-state index contributed by atoms with van der Waals surface area (Å²) in [4.78, 5) is 13.6. The summed E-state index contributed by atoms with van der Waals surface area (Å²) in [6, 6.07) is 2.25. The summed E-state index contributed by atoms with van der Waals surface area (Å²) in [6.45, 7) is 7.59. The Hall–Kier alpha value is -2.17. The Morgan fingerprint density at radius 1 is 1.41 bits per heavy atom. The number of rotatable bonds is 5. The molecular weight excluding hydrogens is 288 g/mol. The zero-order valence-electron chi connectivity index (χ0n) is 12.7. The van der Waals surface area contributed by atoms with Gasteiger partial charge in [-0.05, 0) is 13.3 Å². The number of nitrogens with zero attached hydrogens (tertiary/aromatic N) is 1. The van der Waals surface area contributed by atoms with Crippen molar-refractivity contribution in [3.05, 3.63) is 48.1 Å². The van der Waals surface area contributed by atoms with Crippen molar-refractivity contribution >= 4 is 11.6 Å². The van der Waals surface area contributed by atoms with Crippen LogP contribution in [0.15, 0.2) is 30.9 Å². The SMILES string of the molecule is C=CCOc1cc(F)c(C2=CCC(C)C(=O)N2CC)c(F)c1. The average Bonchev–Trinajstić information content (AvgIpc) is 2.48. The summed E-state index contributed by atoms with van der Waals surface area (Å²) in [5, 5.41) is 0. The first kappa shape index (κ1) is 16.2. The molecule has 2 rings (SSSR count). The van der Waals surface area contributed by atoms with E-state index in [4.69, 9.17) is 4.74 Å². The van der Waals surface area contributed by atoms with Crippen molar-refractivity contribution in [1.29, 1.82) is 0 Å². The van der Waals surface area contributed by atoms with Crippen LogP contribution in [-0.4, -0.2) is 24.0 Å². The van der Waals surface area contributed by atoms with Gasteiger partial charge in [0, 0.05) is 24.6 Å². The van der Waals surface area contributed by atoms with E-state index in [1.165, 1.54) is 11.0 Å². The molecule has 0 aromatic heterocycles. The molecule has 1 aliphatic rings. The predicted molar refractivity (Wildman–Crippen MR) is 81.2 cm³/mol. The molecule has 3 nitrogen and oxygen atoms in total. The third-order valence-corrected chi connectivity index (χ3v) is 3.60. The van der Waals surface area contributed by atoms with Gasteiger partial charge in [-0.2, -0.15) is 0 Å². The van der Waals surface area contributed by atoms with Crippen molar-refractivity contribution in [2.45, 2.75) is 20.3 Å². The van der Waals surface area contributed by atoms with Crippen LogP contribution in [0.25, 0.3) is 5.70 Å². The van der Waals surface area contributed by atoms with E-state index in [0.29, 0.717) is 13.0 Å². The van der Waals surface area contributed by atoms with Crippen LogP contribution in [-0.2, 0) is 4.79 Å². The van der Waals surface area contributed by atoms with Crippen LogP contribution in [0.1, 0.15) is 25.8 Å². The van der Waals surface area contributed by atoms with E-state index in [9.17, 15) is 13.6 Å². The van der Waals surface area contributed by atoms with Gasteiger partial charge >= 0.3 is 0 Å². The first-order valence-electron chi connectivity index (χ1n) is 7.24. The molecule has 5 heteroatoms. The van der Waals surface area contributed by atoms with E-state index in [-0.39, 0.29) is 35.4 Å². The maximum atomic E-state index is 14.3. The number of carbonyl (C=O) groups is 1. The zero-order valence-corrected chi connectivity index (χ0v) is 12.7. The Morgan fingerprint density at radius 2 is 2.05 bits per heavy atom. The third kappa shape index (κ3) is 3.03. The van der Waals surface area contributed by atoms with E-state index in [0.717, 1.165) is 12.1 Å². The molecule has 0 N–H and O–H groups in total. The Bertz CT molecular complexity index is 602. The summed E-state index contributed by atoms with van der Waals surface area (Å²) >= 11 is 0. The Morgan fingerprint density at radius 3 is 2.59 bits per heavy atom. The normalized spacial score (nSPS) is 18.2. The number of benzene rings is 1. The molecule has 0 radical (unpaired) electrons. The molecule has 1 aliphatic heterocycles. The van der Waals surface area contributed by atoms with Crippen molar-refractivity contribution in [1.82, 2.24) is 4.90 Å². The number of amides is 1. The molecule has 1 aromatic rings. The zero-order chi connectivity index (χ0) is 16.3. The summed E-state index contributed by atoms with van der Waals surface area (Å²) in [6.07, 6.45) is 3.67. The molecular formula is C17H19F2NO2. The van der Waals surface area contributed by atoms with E-state index in [1.54, 1.807) is 19.9 Å². The first-order chi connectivity index (χ1) is 10.5. The average molecular weight is 307 g/mol. The minimum Gasteiger partial charge on any atom is -0.489 e. The molecule has 0 fully saturated rings. The summed E-state index contributed by atoms with van der Waals surface area (Å²) in [7, 11) is 0. The standard InChI is InChI=1S/C17H19F2NO2/c1-4-8-22-12-9-13(18)16(14(19)10-12)15-7-6-11(3)17(21)20(15)5-2/h4,7,9-11H,1,5-6,8H2,2-3H3. The molecule has 22 heavy (non-hydrogen) atoms. The van der Waals surface area contributed by atoms with Crippen LogP contribution in [0.5, 0.6) is 5.75 Å². The molecule has 1 aromatic carbocycles. The fraction of sp³-hybridized carbons (Fsp3) is 0.353. The lowest BCUT2D eigenvalue weighted by Crippen LogP contribution is -2.37. The van der Waals surface area contributed by atoms with Crippen LogP contribution < -0.4 is 4.74 Å². The second-order valence-electron chi connectivity index (χ2n) is 5.17. The number of hydrogen-bond acceptors (Lipinski definition) is 2. The second kappa shape index (κ2) is 6.73. The predicted octanol–water partition coefficient (Wildman–Crippen LogP) is 3.76. The molecule has 1 atom stereocenters. The van der Waals surface area contributed by atoms with Gasteiger partial charge in [0.25, 0.3) is 0 Å². The van der Waals surface area contributed by atoms with E-state index in [1.807, 2.05) is 0 Å². The number of allylic oxidation sites excluding steroid dienone is 1. The van der Waals surface area contributed by atoms with E-state index >= 15 is 0 Å². The lowest BCUT2D eigenvalue weighted by atomic mass is 9.96. The second-order valence-corrected chi connectivity index (χ2v) is 5.17. The van der Waals surface area contributed by atoms with Crippen molar-refractivity contribution in [3.63, 3.8) is 0 Å². The molecule has 1 unspecified atom stereocenters. The van der Waals surface area contributed by atoms with Gasteiger partial charge in [-0.15, -0.1) is 0 Å². The maximum Gasteiger partial charge on any atom is 0.230 e. The van der Waals surface area contributed by atoms with Gasteiger partial charge in [0.2, 0.25) is 5.91 Å². The van der Waals surface area contributed by atoms with Crippen molar-refractivity contribution in [2.24, 2.45) is 5.92 Å². The van der Waals surface area contributed by atoms with Crippen LogP contribution in [0.4, 0.5) is 8.78 Å². The minimum atomic E-state index is -0.744. The Balaban J connectivity index is 2.43. The third-order valence-electron chi connectivity index (χ3n) is 3.60. The molecule has 0 spiro atoms. The fourth-order valence-electron chi connectivity index (χ4n) is 2.48. The quantitative estimate of drug-likeness (QED) is 0.775. The molecule has 0 saturated carbocycles. The highest BCUT2D eigenvalue weighted by Crippen LogP contribution is 2.33. The Kier molecular flexibility index (Phi) is 4.96. The number of ether oxygens (including phenoxy) is 1. The molecule has 1 amide bonds. The van der Waals surface area contributed by atoms with Gasteiger partial charge in [-0.25, -0.2) is 8.78 Å². The lowest BCUT2D eigenvalue weighted by Gasteiger charge is -2.31. The first-order valence-corrected chi connectivity index (χ1v) is 7.24. The number of carbonyl (C=O) groups excluding carboxylic acids is 1. The molecule has 0 saturated heterocycles. The van der Waals surface area contributed by atoms with Gasteiger partial charge in [0.15, 0.2) is 0 Å². The van der Waals surface area contributed by atoms with Crippen LogP contribution in [0.3, 0.4) is 0 Å². The van der Waals surface area contributed by atoms with Gasteiger partial charge in [0.1, 0.15) is 24.0 Å². The van der Waals surface area contributed by atoms with Crippen LogP contribution >= 0.6 is 0 Å². The molecule has 0 bridgehead atoms. The highest BCUT2D eigenvalue weighted by molar-refractivity contribution is 5.90. The van der Waals surface area contributed by atoms with E-state index < -0.39 is 11.6 Å². The van der Waals surface area contributed by atoms with Crippen LogP contribution in [0, 0.1) is 17.6 Å². The Labute approximate surface area is 128 Å². The molecule has 118 valence electrons. The smallest absolute Gasteiger partial charge is 0.230 e. The molecule has 1 heterocycles. The maximum absolute atomic E-state index is 14.3. The van der Waals surface area contributed by atoms with Gasteiger partial charge < -0.3 is 9.64 Å². The van der Waals surface area contributed by atoms with Crippen molar-refractivity contribution in [3.8, 4) is 5.75 Å². The monoisotopic (exact) mass is 307 g/mol. The highest BCUT2D eigenvalue weighted by Gasteiger charge is 2.30.